The van der Waals surface area contributed by atoms with E-state index in [1.165, 1.54) is 0 Å². The molecular weight excluding hydrogens is 336 g/mol. The second-order valence-corrected chi connectivity index (χ2v) is 6.60. The smallest absolute Gasteiger partial charge is 0.271 e. The summed E-state index contributed by atoms with van der Waals surface area (Å²) in [5.41, 5.74) is 3.39. The molecule has 0 bridgehead atoms. The van der Waals surface area contributed by atoms with E-state index in [1.54, 1.807) is 29.2 Å². The molecular formula is C18H20N4O2S. The predicted molar refractivity (Wildman–Crippen MR) is 98.1 cm³/mol. The van der Waals surface area contributed by atoms with Gasteiger partial charge in [0, 0.05) is 36.7 Å². The van der Waals surface area contributed by atoms with E-state index >= 15 is 0 Å². The lowest BCUT2D eigenvalue weighted by Crippen LogP contribution is -2.26. The highest BCUT2D eigenvalue weighted by atomic mass is 32.1. The number of aromatic nitrogens is 3. The number of amides is 1. The fourth-order valence-electron chi connectivity index (χ4n) is 2.37. The van der Waals surface area contributed by atoms with Crippen molar-refractivity contribution < 1.29 is 9.53 Å². The minimum absolute atomic E-state index is 0.157. The van der Waals surface area contributed by atoms with E-state index in [-0.39, 0.29) is 5.91 Å². The first-order valence-electron chi connectivity index (χ1n) is 7.94. The largest absolute Gasteiger partial charge is 0.497 e. The van der Waals surface area contributed by atoms with Crippen LogP contribution in [0.5, 0.6) is 5.75 Å². The third kappa shape index (κ3) is 4.06. The molecule has 0 atom stereocenters. The van der Waals surface area contributed by atoms with Gasteiger partial charge in [-0.1, -0.05) is 0 Å². The highest BCUT2D eigenvalue weighted by Gasteiger charge is 2.11. The van der Waals surface area contributed by atoms with Gasteiger partial charge in [-0.3, -0.25) is 9.48 Å². The number of methoxy groups -OCH3 is 1. The number of ether oxygens (including phenoxy) is 1. The van der Waals surface area contributed by atoms with Gasteiger partial charge in [0.2, 0.25) is 0 Å². The number of thiazole rings is 1. The van der Waals surface area contributed by atoms with Crippen molar-refractivity contribution in [3.8, 4) is 17.0 Å². The fraction of sp³-hybridized carbons (Fsp3) is 0.278. The van der Waals surface area contributed by atoms with Crippen LogP contribution in [0.4, 0.5) is 0 Å². The maximum Gasteiger partial charge on any atom is 0.271 e. The van der Waals surface area contributed by atoms with Gasteiger partial charge in [-0.25, -0.2) is 4.98 Å². The molecule has 0 aliphatic heterocycles. The Morgan fingerprint density at radius 1 is 1.32 bits per heavy atom. The minimum atomic E-state index is -0.157. The molecule has 130 valence electrons. The van der Waals surface area contributed by atoms with Crippen LogP contribution >= 0.6 is 11.3 Å². The lowest BCUT2D eigenvalue weighted by molar-refractivity contribution is 0.0948. The molecule has 3 rings (SSSR count). The monoisotopic (exact) mass is 356 g/mol. The van der Waals surface area contributed by atoms with Gasteiger partial charge < -0.3 is 10.1 Å². The highest BCUT2D eigenvalue weighted by molar-refractivity contribution is 7.09. The number of benzene rings is 1. The predicted octanol–water partition coefficient (Wildman–Crippen LogP) is 2.83. The van der Waals surface area contributed by atoms with Gasteiger partial charge >= 0.3 is 0 Å². The molecule has 0 radical (unpaired) electrons. The van der Waals surface area contributed by atoms with Crippen molar-refractivity contribution in [1.82, 2.24) is 20.1 Å². The number of nitrogens with one attached hydrogen (secondary N) is 1. The van der Waals surface area contributed by atoms with Crippen molar-refractivity contribution in [2.24, 2.45) is 7.05 Å². The molecule has 0 fully saturated rings. The van der Waals surface area contributed by atoms with Gasteiger partial charge in [0.25, 0.3) is 5.91 Å². The van der Waals surface area contributed by atoms with Crippen LogP contribution in [0.3, 0.4) is 0 Å². The van der Waals surface area contributed by atoms with Crippen molar-refractivity contribution in [3.05, 3.63) is 52.1 Å². The number of aryl methyl sites for hydroxylation is 2. The van der Waals surface area contributed by atoms with Gasteiger partial charge in [0.1, 0.15) is 11.4 Å². The summed E-state index contributed by atoms with van der Waals surface area (Å²) < 4.78 is 6.86. The zero-order valence-electron chi connectivity index (χ0n) is 14.4. The third-order valence-electron chi connectivity index (χ3n) is 3.91. The van der Waals surface area contributed by atoms with Crippen LogP contribution in [-0.4, -0.2) is 34.3 Å². The molecule has 3 aromatic rings. The van der Waals surface area contributed by atoms with Gasteiger partial charge in [0.15, 0.2) is 0 Å². The normalized spacial score (nSPS) is 10.7. The summed E-state index contributed by atoms with van der Waals surface area (Å²) in [6.45, 7) is 2.45. The van der Waals surface area contributed by atoms with Gasteiger partial charge in [-0.2, -0.15) is 5.10 Å². The van der Waals surface area contributed by atoms with Crippen molar-refractivity contribution >= 4 is 17.2 Å². The van der Waals surface area contributed by atoms with Gasteiger partial charge in [0.05, 0.1) is 17.8 Å². The van der Waals surface area contributed by atoms with Crippen molar-refractivity contribution in [3.63, 3.8) is 0 Å². The number of hydrogen-bond donors (Lipinski definition) is 1. The fourth-order valence-corrected chi connectivity index (χ4v) is 3.17. The maximum absolute atomic E-state index is 12.1. The molecule has 0 spiro atoms. The maximum atomic E-state index is 12.1. The first-order chi connectivity index (χ1) is 12.1. The first kappa shape index (κ1) is 17.2. The summed E-state index contributed by atoms with van der Waals surface area (Å²) in [4.78, 5) is 16.7. The highest BCUT2D eigenvalue weighted by Crippen LogP contribution is 2.24. The molecule has 0 aliphatic rings. The van der Waals surface area contributed by atoms with Crippen LogP contribution in [0.1, 0.15) is 21.2 Å². The van der Waals surface area contributed by atoms with Crippen LogP contribution in [0.2, 0.25) is 0 Å². The molecule has 1 aromatic carbocycles. The molecule has 0 unspecified atom stereocenters. The van der Waals surface area contributed by atoms with Crippen LogP contribution in [-0.2, 0) is 13.5 Å². The summed E-state index contributed by atoms with van der Waals surface area (Å²) in [5.74, 6) is 0.669. The minimum Gasteiger partial charge on any atom is -0.497 e. The molecule has 0 saturated heterocycles. The number of carbonyl (C=O) groups excluding carboxylic acids is 1. The van der Waals surface area contributed by atoms with Crippen molar-refractivity contribution in [2.75, 3.05) is 13.7 Å². The van der Waals surface area contributed by atoms with E-state index in [4.69, 9.17) is 4.74 Å². The second-order valence-electron chi connectivity index (χ2n) is 5.66. The topological polar surface area (TPSA) is 69.0 Å². The van der Waals surface area contributed by atoms with E-state index < -0.39 is 0 Å². The summed E-state index contributed by atoms with van der Waals surface area (Å²) >= 11 is 1.59. The summed E-state index contributed by atoms with van der Waals surface area (Å²) in [6.07, 6.45) is 0.693. The number of carbonyl (C=O) groups is 1. The SMILES string of the molecule is COc1ccc(-c2csc(CCNC(=O)c3cc(C)n(C)n3)n2)cc1. The standard InChI is InChI=1S/C18H20N4O2S/c1-12-10-15(21-22(12)2)18(23)19-9-8-17-20-16(11-25-17)13-4-6-14(24-3)7-5-13/h4-7,10-11H,8-9H2,1-3H3,(H,19,23). The Kier molecular flexibility index (Phi) is 5.14. The summed E-state index contributed by atoms with van der Waals surface area (Å²) in [6, 6.07) is 9.60. The van der Waals surface area contributed by atoms with Crippen LogP contribution < -0.4 is 10.1 Å². The average Bonchev–Trinajstić information content (AvgIpc) is 3.22. The number of hydrogen-bond acceptors (Lipinski definition) is 5. The molecule has 6 nitrogen and oxygen atoms in total. The Morgan fingerprint density at radius 2 is 2.08 bits per heavy atom. The Labute approximate surface area is 150 Å². The van der Waals surface area contributed by atoms with E-state index in [1.807, 2.05) is 43.6 Å². The molecule has 7 heteroatoms. The first-order valence-corrected chi connectivity index (χ1v) is 8.82. The quantitative estimate of drug-likeness (QED) is 0.737. The lowest BCUT2D eigenvalue weighted by Gasteiger charge is -2.01. The zero-order valence-corrected chi connectivity index (χ0v) is 15.3. The lowest BCUT2D eigenvalue weighted by atomic mass is 10.2. The van der Waals surface area contributed by atoms with E-state index in [0.29, 0.717) is 18.7 Å². The second kappa shape index (κ2) is 7.48. The molecule has 0 saturated carbocycles. The van der Waals surface area contributed by atoms with Crippen LogP contribution in [0.15, 0.2) is 35.7 Å². The van der Waals surface area contributed by atoms with E-state index in [0.717, 1.165) is 27.7 Å². The third-order valence-corrected chi connectivity index (χ3v) is 4.82. The molecule has 0 aliphatic carbocycles. The summed E-state index contributed by atoms with van der Waals surface area (Å²) in [7, 11) is 3.47. The van der Waals surface area contributed by atoms with Gasteiger partial charge in [-0.15, -0.1) is 11.3 Å². The molecule has 25 heavy (non-hydrogen) atoms. The Bertz CT molecular complexity index is 848. The zero-order chi connectivity index (χ0) is 17.8. The number of nitrogens with zero attached hydrogens (tertiary/aromatic N) is 3. The van der Waals surface area contributed by atoms with Crippen LogP contribution in [0.25, 0.3) is 11.3 Å². The molecule has 2 aromatic heterocycles. The van der Waals surface area contributed by atoms with Crippen LogP contribution in [0, 0.1) is 6.92 Å². The Morgan fingerprint density at radius 3 is 2.72 bits per heavy atom. The van der Waals surface area contributed by atoms with Crippen molar-refractivity contribution in [1.29, 1.82) is 0 Å². The van der Waals surface area contributed by atoms with E-state index in [2.05, 4.69) is 15.4 Å². The number of rotatable bonds is 6. The molecule has 1 N–H and O–H groups in total. The molecule has 1 amide bonds. The van der Waals surface area contributed by atoms with Gasteiger partial charge in [-0.05, 0) is 37.3 Å². The Balaban J connectivity index is 1.55. The average molecular weight is 356 g/mol. The van der Waals surface area contributed by atoms with E-state index in [9.17, 15) is 4.79 Å². The van der Waals surface area contributed by atoms with Crippen molar-refractivity contribution in [2.45, 2.75) is 13.3 Å². The molecule has 2 heterocycles. The summed E-state index contributed by atoms with van der Waals surface area (Å²) in [5, 5.41) is 10.1. The Hall–Kier alpha value is -2.67.